The second-order valence-corrected chi connectivity index (χ2v) is 7.69. The van der Waals surface area contributed by atoms with Crippen LogP contribution in [0, 0.1) is 0 Å². The van der Waals surface area contributed by atoms with E-state index in [0.717, 1.165) is 44.0 Å². The molecular weight excluding hydrogens is 388 g/mol. The molecule has 152 valence electrons. The van der Waals surface area contributed by atoms with Gasteiger partial charge in [-0.05, 0) is 23.6 Å². The Hall–Kier alpha value is -2.71. The van der Waals surface area contributed by atoms with Gasteiger partial charge in [0.25, 0.3) is 0 Å². The van der Waals surface area contributed by atoms with Crippen LogP contribution in [0.1, 0.15) is 12.3 Å². The average molecular weight is 413 g/mol. The lowest BCUT2D eigenvalue weighted by Crippen LogP contribution is -2.49. The standard InChI is InChI=1S/C21H24N4O3S/c26-20(7-6-19-22-21(23-28-19)17-8-15-29-16-17)25-11-9-24(10-12-25)13-14-27-18-4-2-1-3-5-18/h1-5,8,15-16H,6-7,9-14H2. The molecule has 0 atom stereocenters. The lowest BCUT2D eigenvalue weighted by Gasteiger charge is -2.34. The number of nitrogens with zero attached hydrogens (tertiary/aromatic N) is 4. The quantitative estimate of drug-likeness (QED) is 0.566. The summed E-state index contributed by atoms with van der Waals surface area (Å²) < 4.78 is 11.0. The van der Waals surface area contributed by atoms with Crippen LogP contribution in [0.3, 0.4) is 0 Å². The van der Waals surface area contributed by atoms with Crippen molar-refractivity contribution in [2.75, 3.05) is 39.3 Å². The first-order valence-corrected chi connectivity index (χ1v) is 10.8. The van der Waals surface area contributed by atoms with Crippen LogP contribution in [0.4, 0.5) is 0 Å². The van der Waals surface area contributed by atoms with Crippen LogP contribution in [0.25, 0.3) is 11.4 Å². The molecule has 0 aliphatic carbocycles. The van der Waals surface area contributed by atoms with Gasteiger partial charge in [-0.2, -0.15) is 16.3 Å². The normalized spacial score (nSPS) is 14.8. The van der Waals surface area contributed by atoms with E-state index in [1.807, 2.05) is 52.1 Å². The first-order valence-electron chi connectivity index (χ1n) is 9.81. The summed E-state index contributed by atoms with van der Waals surface area (Å²) in [5.41, 5.74) is 0.948. The molecule has 0 unspecified atom stereocenters. The fraction of sp³-hybridized carbons (Fsp3) is 0.381. The summed E-state index contributed by atoms with van der Waals surface area (Å²) in [6.45, 7) is 4.74. The molecule has 8 heteroatoms. The Balaban J connectivity index is 1.15. The molecule has 29 heavy (non-hydrogen) atoms. The summed E-state index contributed by atoms with van der Waals surface area (Å²) in [7, 11) is 0. The summed E-state index contributed by atoms with van der Waals surface area (Å²) in [4.78, 5) is 21.1. The van der Waals surface area contributed by atoms with Gasteiger partial charge in [-0.15, -0.1) is 0 Å². The fourth-order valence-corrected chi connectivity index (χ4v) is 3.90. The Bertz CT molecular complexity index is 890. The molecule has 1 amide bonds. The van der Waals surface area contributed by atoms with Crippen molar-refractivity contribution >= 4 is 17.2 Å². The Labute approximate surface area is 173 Å². The second kappa shape index (κ2) is 9.67. The van der Waals surface area contributed by atoms with Crippen molar-refractivity contribution < 1.29 is 14.1 Å². The second-order valence-electron chi connectivity index (χ2n) is 6.91. The average Bonchev–Trinajstić information content (AvgIpc) is 3.45. The van der Waals surface area contributed by atoms with E-state index in [1.165, 1.54) is 0 Å². The van der Waals surface area contributed by atoms with Crippen molar-refractivity contribution in [3.05, 3.63) is 53.0 Å². The van der Waals surface area contributed by atoms with Crippen molar-refractivity contribution in [3.63, 3.8) is 0 Å². The number of para-hydroxylation sites is 1. The molecule has 1 aliphatic rings. The van der Waals surface area contributed by atoms with Gasteiger partial charge in [-0.1, -0.05) is 23.4 Å². The Morgan fingerprint density at radius 3 is 2.72 bits per heavy atom. The summed E-state index contributed by atoms with van der Waals surface area (Å²) in [6, 6.07) is 11.8. The number of rotatable bonds is 8. The summed E-state index contributed by atoms with van der Waals surface area (Å²) in [6.07, 6.45) is 0.865. The maximum Gasteiger partial charge on any atom is 0.227 e. The Morgan fingerprint density at radius 2 is 1.97 bits per heavy atom. The monoisotopic (exact) mass is 412 g/mol. The molecule has 1 aromatic carbocycles. The van der Waals surface area contributed by atoms with Gasteiger partial charge in [0.1, 0.15) is 12.4 Å². The molecule has 7 nitrogen and oxygen atoms in total. The lowest BCUT2D eigenvalue weighted by molar-refractivity contribution is -0.133. The highest BCUT2D eigenvalue weighted by molar-refractivity contribution is 7.08. The molecule has 1 saturated heterocycles. The summed E-state index contributed by atoms with van der Waals surface area (Å²) >= 11 is 1.59. The van der Waals surface area contributed by atoms with Crippen LogP contribution in [0.15, 0.2) is 51.7 Å². The van der Waals surface area contributed by atoms with Crippen molar-refractivity contribution in [3.8, 4) is 17.1 Å². The smallest absolute Gasteiger partial charge is 0.227 e. The number of hydrogen-bond donors (Lipinski definition) is 0. The van der Waals surface area contributed by atoms with Gasteiger partial charge in [0.2, 0.25) is 17.6 Å². The van der Waals surface area contributed by atoms with Gasteiger partial charge in [0, 0.05) is 56.5 Å². The maximum atomic E-state index is 12.5. The van der Waals surface area contributed by atoms with E-state index in [0.29, 0.717) is 31.2 Å². The maximum absolute atomic E-state index is 12.5. The highest BCUT2D eigenvalue weighted by Gasteiger charge is 2.21. The molecule has 3 aromatic rings. The van der Waals surface area contributed by atoms with E-state index < -0.39 is 0 Å². The Morgan fingerprint density at radius 1 is 1.14 bits per heavy atom. The highest BCUT2D eigenvalue weighted by atomic mass is 32.1. The largest absolute Gasteiger partial charge is 0.492 e. The minimum atomic E-state index is 0.139. The predicted molar refractivity (Wildman–Crippen MR) is 111 cm³/mol. The van der Waals surface area contributed by atoms with Gasteiger partial charge in [-0.3, -0.25) is 9.69 Å². The van der Waals surface area contributed by atoms with Crippen LogP contribution in [0.5, 0.6) is 5.75 Å². The van der Waals surface area contributed by atoms with Gasteiger partial charge in [0.15, 0.2) is 0 Å². The summed E-state index contributed by atoms with van der Waals surface area (Å²) in [5, 5.41) is 7.94. The van der Waals surface area contributed by atoms with Crippen molar-refractivity contribution in [2.24, 2.45) is 0 Å². The molecule has 0 spiro atoms. The number of aryl methyl sites for hydroxylation is 1. The van der Waals surface area contributed by atoms with Gasteiger partial charge in [-0.25, -0.2) is 0 Å². The predicted octanol–water partition coefficient (Wildman–Crippen LogP) is 2.95. The number of thiophene rings is 1. The van der Waals surface area contributed by atoms with Crippen LogP contribution in [-0.4, -0.2) is 65.2 Å². The number of piperazine rings is 1. The van der Waals surface area contributed by atoms with E-state index in [-0.39, 0.29) is 5.91 Å². The molecule has 2 aromatic heterocycles. The van der Waals surface area contributed by atoms with E-state index in [1.54, 1.807) is 11.3 Å². The van der Waals surface area contributed by atoms with E-state index in [2.05, 4.69) is 15.0 Å². The Kier molecular flexibility index (Phi) is 6.53. The van der Waals surface area contributed by atoms with Crippen LogP contribution in [0.2, 0.25) is 0 Å². The molecule has 1 aliphatic heterocycles. The lowest BCUT2D eigenvalue weighted by atomic mass is 10.2. The van der Waals surface area contributed by atoms with Crippen molar-refractivity contribution in [1.82, 2.24) is 19.9 Å². The van der Waals surface area contributed by atoms with Crippen molar-refractivity contribution in [2.45, 2.75) is 12.8 Å². The SMILES string of the molecule is O=C(CCc1nc(-c2ccsc2)no1)N1CCN(CCOc2ccccc2)CC1. The third-order valence-electron chi connectivity index (χ3n) is 4.94. The van der Waals surface area contributed by atoms with Crippen LogP contribution in [-0.2, 0) is 11.2 Å². The molecule has 3 heterocycles. The number of amides is 1. The number of carbonyl (C=O) groups is 1. The summed E-state index contributed by atoms with van der Waals surface area (Å²) in [5.74, 6) is 2.13. The number of hydrogen-bond acceptors (Lipinski definition) is 7. The minimum Gasteiger partial charge on any atom is -0.492 e. The van der Waals surface area contributed by atoms with Crippen LogP contribution >= 0.6 is 11.3 Å². The first kappa shape index (κ1) is 19.6. The van der Waals surface area contributed by atoms with Crippen molar-refractivity contribution in [1.29, 1.82) is 0 Å². The van der Waals surface area contributed by atoms with Gasteiger partial charge < -0.3 is 14.2 Å². The molecule has 0 N–H and O–H groups in total. The molecule has 0 saturated carbocycles. The van der Waals surface area contributed by atoms with E-state index >= 15 is 0 Å². The van der Waals surface area contributed by atoms with Gasteiger partial charge in [0.05, 0.1) is 0 Å². The first-order chi connectivity index (χ1) is 14.3. The third kappa shape index (κ3) is 5.42. The molecule has 0 radical (unpaired) electrons. The topological polar surface area (TPSA) is 71.7 Å². The number of carbonyl (C=O) groups excluding carboxylic acids is 1. The fourth-order valence-electron chi connectivity index (χ4n) is 3.27. The number of benzene rings is 1. The highest BCUT2D eigenvalue weighted by Crippen LogP contribution is 2.19. The molecular formula is C21H24N4O3S. The zero-order valence-electron chi connectivity index (χ0n) is 16.2. The zero-order chi connectivity index (χ0) is 19.9. The van der Waals surface area contributed by atoms with E-state index in [4.69, 9.17) is 9.26 Å². The van der Waals surface area contributed by atoms with E-state index in [9.17, 15) is 4.79 Å². The third-order valence-corrected chi connectivity index (χ3v) is 5.63. The van der Waals surface area contributed by atoms with Gasteiger partial charge >= 0.3 is 0 Å². The number of aromatic nitrogens is 2. The zero-order valence-corrected chi connectivity index (χ0v) is 17.0. The number of ether oxygens (including phenoxy) is 1. The molecule has 0 bridgehead atoms. The molecule has 4 rings (SSSR count). The molecule has 1 fully saturated rings. The van der Waals surface area contributed by atoms with Crippen LogP contribution < -0.4 is 4.74 Å². The minimum absolute atomic E-state index is 0.139.